The highest BCUT2D eigenvalue weighted by molar-refractivity contribution is 5.91. The minimum atomic E-state index is -0.308. The molecule has 0 spiro atoms. The largest absolute Gasteiger partial charge is 0.396 e. The molecule has 1 unspecified atom stereocenters. The van der Waals surface area contributed by atoms with Crippen molar-refractivity contribution in [3.8, 4) is 0 Å². The fourth-order valence-corrected chi connectivity index (χ4v) is 2.37. The van der Waals surface area contributed by atoms with Crippen LogP contribution in [-0.2, 0) is 0 Å². The van der Waals surface area contributed by atoms with Gasteiger partial charge in [-0.05, 0) is 31.4 Å². The first-order valence-electron chi connectivity index (χ1n) is 6.96. The van der Waals surface area contributed by atoms with Gasteiger partial charge in [0, 0.05) is 29.4 Å². The Hall–Kier alpha value is -1.68. The van der Waals surface area contributed by atoms with Crippen LogP contribution in [0.3, 0.4) is 0 Å². The fraction of sp³-hybridized carbons (Fsp3) is 0.438. The SMILES string of the molecule is Cc1cc(NC(CCO)C(C)C)c2cccc(F)c2n1. The van der Waals surface area contributed by atoms with Crippen LogP contribution in [0.1, 0.15) is 26.0 Å². The molecule has 4 heteroatoms. The number of rotatable bonds is 5. The van der Waals surface area contributed by atoms with Gasteiger partial charge in [-0.2, -0.15) is 0 Å². The molecule has 2 aromatic rings. The first kappa shape index (κ1) is 14.7. The Morgan fingerprint density at radius 2 is 2.10 bits per heavy atom. The molecule has 2 rings (SSSR count). The summed E-state index contributed by atoms with van der Waals surface area (Å²) >= 11 is 0. The molecule has 0 aliphatic carbocycles. The molecule has 0 saturated heterocycles. The Morgan fingerprint density at radius 3 is 2.75 bits per heavy atom. The number of halogens is 1. The number of aromatic nitrogens is 1. The van der Waals surface area contributed by atoms with E-state index in [0.29, 0.717) is 17.9 Å². The van der Waals surface area contributed by atoms with Gasteiger partial charge >= 0.3 is 0 Å². The highest BCUT2D eigenvalue weighted by atomic mass is 19.1. The number of fused-ring (bicyclic) bond motifs is 1. The van der Waals surface area contributed by atoms with Crippen LogP contribution in [0.4, 0.5) is 10.1 Å². The topological polar surface area (TPSA) is 45.1 Å². The van der Waals surface area contributed by atoms with Gasteiger partial charge in [0.1, 0.15) is 11.3 Å². The van der Waals surface area contributed by atoms with Gasteiger partial charge in [-0.25, -0.2) is 9.37 Å². The van der Waals surface area contributed by atoms with E-state index in [-0.39, 0.29) is 18.5 Å². The summed E-state index contributed by atoms with van der Waals surface area (Å²) in [7, 11) is 0. The molecule has 0 bridgehead atoms. The third-order valence-corrected chi connectivity index (χ3v) is 3.50. The van der Waals surface area contributed by atoms with Crippen LogP contribution in [0.25, 0.3) is 10.9 Å². The highest BCUT2D eigenvalue weighted by Crippen LogP contribution is 2.27. The van der Waals surface area contributed by atoms with E-state index in [4.69, 9.17) is 5.11 Å². The van der Waals surface area contributed by atoms with Crippen molar-refractivity contribution >= 4 is 16.6 Å². The van der Waals surface area contributed by atoms with E-state index in [0.717, 1.165) is 16.8 Å². The van der Waals surface area contributed by atoms with Gasteiger partial charge in [-0.1, -0.05) is 26.0 Å². The number of anilines is 1. The molecule has 0 fully saturated rings. The quantitative estimate of drug-likeness (QED) is 0.878. The molecule has 1 aromatic carbocycles. The predicted molar refractivity (Wildman–Crippen MR) is 80.4 cm³/mol. The summed E-state index contributed by atoms with van der Waals surface area (Å²) in [5, 5.41) is 13.4. The number of para-hydroxylation sites is 1. The number of nitrogens with zero attached hydrogens (tertiary/aromatic N) is 1. The van der Waals surface area contributed by atoms with E-state index in [9.17, 15) is 4.39 Å². The van der Waals surface area contributed by atoms with E-state index < -0.39 is 0 Å². The average molecular weight is 276 g/mol. The van der Waals surface area contributed by atoms with Crippen LogP contribution >= 0.6 is 0 Å². The second-order valence-corrected chi connectivity index (χ2v) is 5.45. The normalized spacial score (nSPS) is 12.9. The third-order valence-electron chi connectivity index (χ3n) is 3.50. The number of pyridine rings is 1. The van der Waals surface area contributed by atoms with Crippen LogP contribution < -0.4 is 5.32 Å². The van der Waals surface area contributed by atoms with Crippen molar-refractivity contribution in [3.05, 3.63) is 35.8 Å². The number of hydrogen-bond donors (Lipinski definition) is 2. The van der Waals surface area contributed by atoms with Gasteiger partial charge < -0.3 is 10.4 Å². The van der Waals surface area contributed by atoms with Crippen molar-refractivity contribution in [2.24, 2.45) is 5.92 Å². The molecule has 1 aromatic heterocycles. The zero-order chi connectivity index (χ0) is 14.7. The predicted octanol–water partition coefficient (Wildman–Crippen LogP) is 3.50. The maximum atomic E-state index is 13.9. The van der Waals surface area contributed by atoms with E-state index in [1.165, 1.54) is 6.07 Å². The number of hydrogen-bond acceptors (Lipinski definition) is 3. The molecular weight excluding hydrogens is 255 g/mol. The number of aliphatic hydroxyl groups excluding tert-OH is 1. The van der Waals surface area contributed by atoms with Crippen molar-refractivity contribution in [1.29, 1.82) is 0 Å². The molecule has 0 saturated carbocycles. The molecular formula is C16H21FN2O. The molecule has 0 radical (unpaired) electrons. The van der Waals surface area contributed by atoms with Gasteiger partial charge in [0.2, 0.25) is 0 Å². The number of benzene rings is 1. The molecule has 2 N–H and O–H groups in total. The second kappa shape index (κ2) is 6.18. The lowest BCUT2D eigenvalue weighted by molar-refractivity contribution is 0.267. The van der Waals surface area contributed by atoms with E-state index in [1.807, 2.05) is 19.1 Å². The molecule has 0 aliphatic heterocycles. The Morgan fingerprint density at radius 1 is 1.35 bits per heavy atom. The van der Waals surface area contributed by atoms with Crippen LogP contribution in [0.2, 0.25) is 0 Å². The zero-order valence-corrected chi connectivity index (χ0v) is 12.2. The monoisotopic (exact) mass is 276 g/mol. The molecule has 3 nitrogen and oxygen atoms in total. The van der Waals surface area contributed by atoms with Gasteiger partial charge in [0.15, 0.2) is 0 Å². The van der Waals surface area contributed by atoms with E-state index in [1.54, 1.807) is 6.07 Å². The minimum Gasteiger partial charge on any atom is -0.396 e. The first-order chi connectivity index (χ1) is 9.52. The van der Waals surface area contributed by atoms with Gasteiger partial charge in [-0.3, -0.25) is 0 Å². The smallest absolute Gasteiger partial charge is 0.149 e. The molecule has 0 amide bonds. The lowest BCUT2D eigenvalue weighted by Gasteiger charge is -2.24. The third kappa shape index (κ3) is 3.07. The lowest BCUT2D eigenvalue weighted by atomic mass is 10.0. The van der Waals surface area contributed by atoms with Crippen LogP contribution in [0.15, 0.2) is 24.3 Å². The Kier molecular flexibility index (Phi) is 4.55. The number of nitrogens with one attached hydrogen (secondary N) is 1. The summed E-state index contributed by atoms with van der Waals surface area (Å²) in [5.74, 6) is 0.0664. The summed E-state index contributed by atoms with van der Waals surface area (Å²) in [6.45, 7) is 6.19. The summed E-state index contributed by atoms with van der Waals surface area (Å²) in [6.07, 6.45) is 0.663. The fourth-order valence-electron chi connectivity index (χ4n) is 2.37. The average Bonchev–Trinajstić information content (AvgIpc) is 2.39. The molecule has 108 valence electrons. The second-order valence-electron chi connectivity index (χ2n) is 5.45. The summed E-state index contributed by atoms with van der Waals surface area (Å²) in [4.78, 5) is 4.27. The van der Waals surface area contributed by atoms with Crippen molar-refractivity contribution in [1.82, 2.24) is 4.98 Å². The molecule has 1 heterocycles. The first-order valence-corrected chi connectivity index (χ1v) is 6.96. The number of aliphatic hydroxyl groups is 1. The van der Waals surface area contributed by atoms with Crippen molar-refractivity contribution in [3.63, 3.8) is 0 Å². The minimum absolute atomic E-state index is 0.131. The van der Waals surface area contributed by atoms with Gasteiger partial charge in [0.25, 0.3) is 0 Å². The Balaban J connectivity index is 2.45. The lowest BCUT2D eigenvalue weighted by Crippen LogP contribution is -2.27. The van der Waals surface area contributed by atoms with Gasteiger partial charge in [0.05, 0.1) is 0 Å². The van der Waals surface area contributed by atoms with E-state index >= 15 is 0 Å². The van der Waals surface area contributed by atoms with Crippen LogP contribution in [0.5, 0.6) is 0 Å². The Bertz CT molecular complexity index is 598. The van der Waals surface area contributed by atoms with Gasteiger partial charge in [-0.15, -0.1) is 0 Å². The van der Waals surface area contributed by atoms with E-state index in [2.05, 4.69) is 24.1 Å². The maximum absolute atomic E-state index is 13.9. The Labute approximate surface area is 118 Å². The molecule has 1 atom stereocenters. The summed E-state index contributed by atoms with van der Waals surface area (Å²) in [5.41, 5.74) is 2.04. The summed E-state index contributed by atoms with van der Waals surface area (Å²) in [6, 6.07) is 7.05. The van der Waals surface area contributed by atoms with Crippen molar-refractivity contribution in [2.45, 2.75) is 33.2 Å². The highest BCUT2D eigenvalue weighted by Gasteiger charge is 2.15. The zero-order valence-electron chi connectivity index (χ0n) is 12.2. The molecule has 20 heavy (non-hydrogen) atoms. The molecule has 0 aliphatic rings. The maximum Gasteiger partial charge on any atom is 0.149 e. The van der Waals surface area contributed by atoms with Crippen LogP contribution in [0, 0.1) is 18.7 Å². The summed E-state index contributed by atoms with van der Waals surface area (Å²) < 4.78 is 13.9. The van der Waals surface area contributed by atoms with Crippen LogP contribution in [-0.4, -0.2) is 22.7 Å². The number of aryl methyl sites for hydroxylation is 1. The van der Waals surface area contributed by atoms with Crippen molar-refractivity contribution < 1.29 is 9.50 Å². The van der Waals surface area contributed by atoms with Crippen molar-refractivity contribution in [2.75, 3.05) is 11.9 Å². The standard InChI is InChI=1S/C16H21FN2O/c1-10(2)14(7-8-20)19-15-9-11(3)18-16-12(15)5-4-6-13(16)17/h4-6,9-10,14,20H,7-8H2,1-3H3,(H,18,19).